The number of nitrogens with zero attached hydrogens (tertiary/aromatic N) is 2. The molecule has 0 spiro atoms. The molecule has 212 valence electrons. The lowest BCUT2D eigenvalue weighted by atomic mass is 9.90. The summed E-state index contributed by atoms with van der Waals surface area (Å²) < 4.78 is 19.2. The smallest absolute Gasteiger partial charge is 0.338 e. The van der Waals surface area contributed by atoms with E-state index in [0.29, 0.717) is 53.5 Å². The van der Waals surface area contributed by atoms with Crippen LogP contribution in [-0.4, -0.2) is 24.3 Å². The van der Waals surface area contributed by atoms with Crippen LogP contribution in [0.5, 0.6) is 5.75 Å². The molecule has 1 atom stereocenters. The van der Waals surface area contributed by atoms with E-state index in [4.69, 9.17) is 37.1 Å². The molecule has 0 amide bonds. The largest absolute Gasteiger partial charge is 0.496 e. The van der Waals surface area contributed by atoms with Crippen molar-refractivity contribution < 1.29 is 18.7 Å². The molecule has 10 heteroatoms. The summed E-state index contributed by atoms with van der Waals surface area (Å²) in [5, 5.41) is 2.81. The molecule has 0 radical (unpaired) electrons. The molecule has 0 fully saturated rings. The number of halogens is 2. The fourth-order valence-corrected chi connectivity index (χ4v) is 6.60. The number of carbonyl (C=O) groups is 1. The molecular formula is C32H24Cl2N2O5S. The van der Waals surface area contributed by atoms with Gasteiger partial charge in [0.1, 0.15) is 23.3 Å². The van der Waals surface area contributed by atoms with Crippen molar-refractivity contribution in [3.05, 3.63) is 119 Å². The molecule has 42 heavy (non-hydrogen) atoms. The third-order valence-corrected chi connectivity index (χ3v) is 8.58. The molecule has 0 aliphatic carbocycles. The van der Waals surface area contributed by atoms with Gasteiger partial charge in [0.05, 0.1) is 34.5 Å². The highest BCUT2D eigenvalue weighted by Crippen LogP contribution is 2.40. The average molecular weight is 620 g/mol. The minimum absolute atomic E-state index is 0.177. The Morgan fingerprint density at radius 1 is 1.12 bits per heavy atom. The lowest BCUT2D eigenvalue weighted by molar-refractivity contribution is -0.139. The SMILES string of the molecule is CCOC(=O)C1=C(C)N=c2s/c(=C/c3ccc(-c4cc(Cl)ccc4Cl)o3)c(=O)n2[C@H]1c1c(OC)ccc2ccccc12. The molecular weight excluding hydrogens is 595 g/mol. The molecule has 0 saturated carbocycles. The van der Waals surface area contributed by atoms with Gasteiger partial charge in [-0.15, -0.1) is 0 Å². The zero-order valence-corrected chi connectivity index (χ0v) is 25.1. The van der Waals surface area contributed by atoms with Crippen LogP contribution in [0.1, 0.15) is 31.2 Å². The quantitative estimate of drug-likeness (QED) is 0.202. The van der Waals surface area contributed by atoms with Gasteiger partial charge in [-0.3, -0.25) is 9.36 Å². The van der Waals surface area contributed by atoms with Gasteiger partial charge in [-0.1, -0.05) is 64.9 Å². The topological polar surface area (TPSA) is 83.0 Å². The fourth-order valence-electron chi connectivity index (χ4n) is 5.19. The maximum Gasteiger partial charge on any atom is 0.338 e. The first-order chi connectivity index (χ1) is 20.3. The van der Waals surface area contributed by atoms with Crippen molar-refractivity contribution in [2.24, 2.45) is 4.99 Å². The molecule has 6 rings (SSSR count). The number of hydrogen-bond acceptors (Lipinski definition) is 7. The first-order valence-electron chi connectivity index (χ1n) is 13.1. The van der Waals surface area contributed by atoms with Gasteiger partial charge < -0.3 is 13.9 Å². The van der Waals surface area contributed by atoms with Crippen LogP contribution in [0.2, 0.25) is 10.0 Å². The number of furan rings is 1. The van der Waals surface area contributed by atoms with Crippen LogP contribution in [0.15, 0.2) is 92.2 Å². The summed E-state index contributed by atoms with van der Waals surface area (Å²) in [6.07, 6.45) is 1.66. The Bertz CT molecular complexity index is 2090. The van der Waals surface area contributed by atoms with Gasteiger partial charge in [-0.2, -0.15) is 0 Å². The zero-order chi connectivity index (χ0) is 29.5. The zero-order valence-electron chi connectivity index (χ0n) is 22.8. The van der Waals surface area contributed by atoms with Crippen molar-refractivity contribution in [3.63, 3.8) is 0 Å². The molecule has 0 unspecified atom stereocenters. The van der Waals surface area contributed by atoms with E-state index < -0.39 is 12.0 Å². The van der Waals surface area contributed by atoms with Gasteiger partial charge in [0.25, 0.3) is 5.56 Å². The van der Waals surface area contributed by atoms with E-state index in [1.54, 1.807) is 57.4 Å². The minimum atomic E-state index is -0.832. The van der Waals surface area contributed by atoms with E-state index in [1.165, 1.54) is 15.9 Å². The third-order valence-electron chi connectivity index (χ3n) is 7.04. The Hall–Kier alpha value is -4.11. The number of esters is 1. The fraction of sp³-hybridized carbons (Fsp3) is 0.156. The van der Waals surface area contributed by atoms with Gasteiger partial charge in [0.2, 0.25) is 0 Å². The molecule has 0 bridgehead atoms. The summed E-state index contributed by atoms with van der Waals surface area (Å²) in [7, 11) is 1.57. The van der Waals surface area contributed by atoms with Crippen LogP contribution >= 0.6 is 34.5 Å². The Balaban J connectivity index is 1.57. The second-order valence-electron chi connectivity index (χ2n) is 9.53. The van der Waals surface area contributed by atoms with Crippen LogP contribution in [0, 0.1) is 0 Å². The molecule has 2 aromatic heterocycles. The number of fused-ring (bicyclic) bond motifs is 2. The number of aromatic nitrogens is 1. The number of benzene rings is 3. The molecule has 7 nitrogen and oxygen atoms in total. The number of methoxy groups -OCH3 is 1. The van der Waals surface area contributed by atoms with E-state index in [1.807, 2.05) is 36.4 Å². The molecule has 0 saturated heterocycles. The average Bonchev–Trinajstić information content (AvgIpc) is 3.57. The molecule has 5 aromatic rings. The summed E-state index contributed by atoms with van der Waals surface area (Å²) in [5.74, 6) is 0.966. The summed E-state index contributed by atoms with van der Waals surface area (Å²) >= 11 is 13.7. The molecule has 1 aliphatic rings. The van der Waals surface area contributed by atoms with Crippen molar-refractivity contribution in [3.8, 4) is 17.1 Å². The maximum atomic E-state index is 14.1. The predicted molar refractivity (Wildman–Crippen MR) is 165 cm³/mol. The lowest BCUT2D eigenvalue weighted by Crippen LogP contribution is -2.40. The molecule has 0 N–H and O–H groups in total. The van der Waals surface area contributed by atoms with Gasteiger partial charge >= 0.3 is 5.97 Å². The van der Waals surface area contributed by atoms with Crippen molar-refractivity contribution in [2.75, 3.05) is 13.7 Å². The summed E-state index contributed by atoms with van der Waals surface area (Å²) in [6.45, 7) is 3.67. The highest BCUT2D eigenvalue weighted by molar-refractivity contribution is 7.07. The monoisotopic (exact) mass is 618 g/mol. The van der Waals surface area contributed by atoms with Crippen molar-refractivity contribution >= 4 is 57.4 Å². The Labute approximate surface area is 254 Å². The van der Waals surface area contributed by atoms with Gasteiger partial charge in [0.15, 0.2) is 4.80 Å². The number of rotatable bonds is 6. The van der Waals surface area contributed by atoms with Crippen LogP contribution in [-0.2, 0) is 9.53 Å². The molecule has 3 heterocycles. The van der Waals surface area contributed by atoms with Crippen LogP contribution in [0.3, 0.4) is 0 Å². The number of ether oxygens (including phenoxy) is 2. The third kappa shape index (κ3) is 4.85. The van der Waals surface area contributed by atoms with Crippen LogP contribution < -0.4 is 19.6 Å². The Kier molecular flexibility index (Phi) is 7.53. The highest BCUT2D eigenvalue weighted by Gasteiger charge is 2.36. The van der Waals surface area contributed by atoms with E-state index in [9.17, 15) is 9.59 Å². The van der Waals surface area contributed by atoms with Gasteiger partial charge in [-0.25, -0.2) is 9.79 Å². The second-order valence-corrected chi connectivity index (χ2v) is 11.4. The van der Waals surface area contributed by atoms with E-state index in [-0.39, 0.29) is 17.7 Å². The van der Waals surface area contributed by atoms with Crippen molar-refractivity contribution in [1.29, 1.82) is 0 Å². The summed E-state index contributed by atoms with van der Waals surface area (Å²) in [4.78, 5) is 32.7. The van der Waals surface area contributed by atoms with Gasteiger partial charge in [0, 0.05) is 22.2 Å². The molecule has 1 aliphatic heterocycles. The standard InChI is InChI=1S/C32H24Cl2N2O5S/c1-4-40-31(38)27-17(2)35-32-36(29(27)28-21-8-6-5-7-18(21)9-13-25(28)39-3)30(37)26(42-32)16-20-11-14-24(41-20)22-15-19(33)10-12-23(22)34/h5-16,29H,4H2,1-3H3/b26-16+/t29-/m1/s1. The summed E-state index contributed by atoms with van der Waals surface area (Å²) in [6, 6.07) is 19.4. The Morgan fingerprint density at radius 3 is 2.71 bits per heavy atom. The Morgan fingerprint density at radius 2 is 1.93 bits per heavy atom. The summed E-state index contributed by atoms with van der Waals surface area (Å²) in [5.41, 5.74) is 1.74. The number of allylic oxidation sites excluding steroid dienone is 1. The predicted octanol–water partition coefficient (Wildman–Crippen LogP) is 6.53. The first-order valence-corrected chi connectivity index (χ1v) is 14.7. The number of thiazole rings is 1. The van der Waals surface area contributed by atoms with E-state index >= 15 is 0 Å². The van der Waals surface area contributed by atoms with Crippen LogP contribution in [0.25, 0.3) is 28.2 Å². The van der Waals surface area contributed by atoms with Gasteiger partial charge in [-0.05, 0) is 61.0 Å². The van der Waals surface area contributed by atoms with Crippen molar-refractivity contribution in [2.45, 2.75) is 19.9 Å². The van der Waals surface area contributed by atoms with E-state index in [2.05, 4.69) is 4.99 Å². The normalized spacial score (nSPS) is 15.1. The maximum absolute atomic E-state index is 14.1. The highest BCUT2D eigenvalue weighted by atomic mass is 35.5. The van der Waals surface area contributed by atoms with Crippen LogP contribution in [0.4, 0.5) is 0 Å². The first kappa shape index (κ1) is 28.0. The minimum Gasteiger partial charge on any atom is -0.496 e. The molecule has 3 aromatic carbocycles. The lowest BCUT2D eigenvalue weighted by Gasteiger charge is -2.27. The van der Waals surface area contributed by atoms with E-state index in [0.717, 1.165) is 10.8 Å². The number of hydrogen-bond donors (Lipinski definition) is 0. The number of carbonyl (C=O) groups excluding carboxylic acids is 1. The van der Waals surface area contributed by atoms with Crippen molar-refractivity contribution in [1.82, 2.24) is 4.57 Å². The second kappa shape index (κ2) is 11.3.